The quantitative estimate of drug-likeness (QED) is 0.601. The fourth-order valence-electron chi connectivity index (χ4n) is 3.95. The van der Waals surface area contributed by atoms with Crippen LogP contribution in [0.5, 0.6) is 0 Å². The molecule has 0 aromatic heterocycles. The molecule has 0 radical (unpaired) electrons. The molecule has 2 aromatic rings. The summed E-state index contributed by atoms with van der Waals surface area (Å²) in [5.74, 6) is -0.161. The zero-order chi connectivity index (χ0) is 23.8. The van der Waals surface area contributed by atoms with E-state index in [0.717, 1.165) is 24.8 Å². The first-order chi connectivity index (χ1) is 15.8. The minimum atomic E-state index is -3.44. The molecule has 3 rings (SSSR count). The molecule has 0 atom stereocenters. The zero-order valence-electron chi connectivity index (χ0n) is 19.4. The van der Waals surface area contributed by atoms with E-state index in [1.165, 1.54) is 0 Å². The van der Waals surface area contributed by atoms with Gasteiger partial charge in [0, 0.05) is 43.9 Å². The van der Waals surface area contributed by atoms with Crippen molar-refractivity contribution in [1.82, 2.24) is 9.21 Å². The maximum atomic E-state index is 12.7. The van der Waals surface area contributed by atoms with Gasteiger partial charge >= 0.3 is 0 Å². The van der Waals surface area contributed by atoms with Crippen LogP contribution in [-0.4, -0.2) is 55.6 Å². The van der Waals surface area contributed by atoms with Gasteiger partial charge in [-0.3, -0.25) is 9.59 Å². The van der Waals surface area contributed by atoms with E-state index in [0.29, 0.717) is 48.7 Å². The lowest BCUT2D eigenvalue weighted by Crippen LogP contribution is -2.35. The summed E-state index contributed by atoms with van der Waals surface area (Å²) in [6.07, 6.45) is 3.67. The summed E-state index contributed by atoms with van der Waals surface area (Å²) in [5, 5.41) is 2.85. The first-order valence-corrected chi connectivity index (χ1v) is 13.1. The first-order valence-electron chi connectivity index (χ1n) is 11.6. The molecule has 2 aromatic carbocycles. The Morgan fingerprint density at radius 3 is 2.09 bits per heavy atom. The van der Waals surface area contributed by atoms with Gasteiger partial charge in [-0.1, -0.05) is 18.6 Å². The predicted octanol–water partition coefficient (Wildman–Crippen LogP) is 3.91. The molecule has 178 valence electrons. The number of aryl methyl sites for hydroxylation is 1. The third kappa shape index (κ3) is 6.42. The Morgan fingerprint density at radius 1 is 0.909 bits per heavy atom. The van der Waals surface area contributed by atoms with Gasteiger partial charge in [0.25, 0.3) is 5.91 Å². The van der Waals surface area contributed by atoms with E-state index in [1.54, 1.807) is 57.7 Å². The number of benzene rings is 2. The van der Waals surface area contributed by atoms with Crippen molar-refractivity contribution in [3.8, 4) is 0 Å². The van der Waals surface area contributed by atoms with Crippen LogP contribution in [-0.2, 0) is 21.2 Å². The molecule has 7 nitrogen and oxygen atoms in total. The molecular weight excluding hydrogens is 438 g/mol. The van der Waals surface area contributed by atoms with Gasteiger partial charge in [-0.25, -0.2) is 8.42 Å². The average molecular weight is 472 g/mol. The molecular formula is C25H33N3O4S. The summed E-state index contributed by atoms with van der Waals surface area (Å²) in [4.78, 5) is 26.8. The highest BCUT2D eigenvalue weighted by Gasteiger charge is 2.25. The number of anilines is 1. The molecule has 1 aliphatic heterocycles. The van der Waals surface area contributed by atoms with E-state index < -0.39 is 10.0 Å². The van der Waals surface area contributed by atoms with Crippen LogP contribution in [0, 0.1) is 0 Å². The monoisotopic (exact) mass is 471 g/mol. The second kappa shape index (κ2) is 11.4. The molecule has 1 N–H and O–H groups in total. The minimum absolute atomic E-state index is 0.0244. The maximum Gasteiger partial charge on any atom is 0.253 e. The molecule has 0 aliphatic carbocycles. The van der Waals surface area contributed by atoms with Crippen LogP contribution in [0.3, 0.4) is 0 Å². The van der Waals surface area contributed by atoms with Crippen molar-refractivity contribution in [2.24, 2.45) is 0 Å². The van der Waals surface area contributed by atoms with Crippen LogP contribution >= 0.6 is 0 Å². The van der Waals surface area contributed by atoms with Crippen molar-refractivity contribution < 1.29 is 18.0 Å². The second-order valence-corrected chi connectivity index (χ2v) is 10.1. The van der Waals surface area contributed by atoms with Crippen LogP contribution in [0.15, 0.2) is 53.4 Å². The third-order valence-electron chi connectivity index (χ3n) is 5.98. The predicted molar refractivity (Wildman–Crippen MR) is 130 cm³/mol. The summed E-state index contributed by atoms with van der Waals surface area (Å²) < 4.78 is 27.0. The Labute approximate surface area is 196 Å². The first kappa shape index (κ1) is 24.9. The number of rotatable bonds is 9. The van der Waals surface area contributed by atoms with Gasteiger partial charge in [-0.15, -0.1) is 0 Å². The molecule has 1 aliphatic rings. The van der Waals surface area contributed by atoms with E-state index in [-0.39, 0.29) is 18.2 Å². The zero-order valence-corrected chi connectivity index (χ0v) is 20.2. The number of amides is 2. The summed E-state index contributed by atoms with van der Waals surface area (Å²) in [7, 11) is -3.44. The van der Waals surface area contributed by atoms with Gasteiger partial charge in [-0.2, -0.15) is 4.31 Å². The summed E-state index contributed by atoms with van der Waals surface area (Å²) >= 11 is 0. The fraction of sp³-hybridized carbons (Fsp3) is 0.440. The molecule has 0 unspecified atom stereocenters. The van der Waals surface area contributed by atoms with Crippen molar-refractivity contribution in [3.05, 3.63) is 59.7 Å². The summed E-state index contributed by atoms with van der Waals surface area (Å²) in [5.41, 5.74) is 2.14. The Balaban J connectivity index is 1.52. The lowest BCUT2D eigenvalue weighted by Gasteiger charge is -2.25. The van der Waals surface area contributed by atoms with E-state index in [1.807, 2.05) is 13.8 Å². The molecule has 33 heavy (non-hydrogen) atoms. The van der Waals surface area contributed by atoms with Crippen molar-refractivity contribution in [2.75, 3.05) is 31.5 Å². The van der Waals surface area contributed by atoms with E-state index in [2.05, 4.69) is 5.32 Å². The van der Waals surface area contributed by atoms with Crippen LogP contribution in [0.2, 0.25) is 0 Å². The maximum absolute atomic E-state index is 12.7. The molecule has 0 bridgehead atoms. The Hall–Kier alpha value is -2.71. The Morgan fingerprint density at radius 2 is 1.52 bits per heavy atom. The standard InChI is InChI=1S/C25H33N3O4S/c1-3-27(4-2)25(30)21-11-13-22(14-12-21)26-24(29)17-10-20-8-15-23(16-9-20)33(31,32)28-18-6-5-7-19-28/h8-9,11-16H,3-7,10,17-19H2,1-2H3,(H,26,29). The van der Waals surface area contributed by atoms with Gasteiger partial charge in [0.15, 0.2) is 0 Å². The van der Waals surface area contributed by atoms with Crippen LogP contribution < -0.4 is 5.32 Å². The molecule has 1 heterocycles. The van der Waals surface area contributed by atoms with Gasteiger partial charge in [0.1, 0.15) is 0 Å². The minimum Gasteiger partial charge on any atom is -0.339 e. The normalized spacial score (nSPS) is 14.6. The van der Waals surface area contributed by atoms with Gasteiger partial charge in [0.05, 0.1) is 4.90 Å². The fourth-order valence-corrected chi connectivity index (χ4v) is 5.47. The van der Waals surface area contributed by atoms with Gasteiger partial charge in [-0.05, 0) is 75.1 Å². The number of hydrogen-bond donors (Lipinski definition) is 1. The molecule has 1 saturated heterocycles. The highest BCUT2D eigenvalue weighted by atomic mass is 32.2. The molecule has 0 spiro atoms. The van der Waals surface area contributed by atoms with Crippen molar-refractivity contribution in [1.29, 1.82) is 0 Å². The van der Waals surface area contributed by atoms with Gasteiger partial charge < -0.3 is 10.2 Å². The van der Waals surface area contributed by atoms with E-state index in [9.17, 15) is 18.0 Å². The smallest absolute Gasteiger partial charge is 0.253 e. The Bertz CT molecular complexity index is 1040. The van der Waals surface area contributed by atoms with Crippen LogP contribution in [0.1, 0.15) is 55.5 Å². The third-order valence-corrected chi connectivity index (χ3v) is 7.90. The number of hydrogen-bond acceptors (Lipinski definition) is 4. The average Bonchev–Trinajstić information content (AvgIpc) is 2.84. The van der Waals surface area contributed by atoms with Gasteiger partial charge in [0.2, 0.25) is 15.9 Å². The number of nitrogens with zero attached hydrogens (tertiary/aromatic N) is 2. The van der Waals surface area contributed by atoms with E-state index >= 15 is 0 Å². The topological polar surface area (TPSA) is 86.8 Å². The summed E-state index contributed by atoms with van der Waals surface area (Å²) in [6, 6.07) is 13.7. The number of carbonyl (C=O) groups is 2. The van der Waals surface area contributed by atoms with E-state index in [4.69, 9.17) is 0 Å². The number of sulfonamides is 1. The lowest BCUT2D eigenvalue weighted by atomic mass is 10.1. The lowest BCUT2D eigenvalue weighted by molar-refractivity contribution is -0.116. The molecule has 1 fully saturated rings. The number of nitrogens with one attached hydrogen (secondary N) is 1. The van der Waals surface area contributed by atoms with Crippen molar-refractivity contribution in [2.45, 2.75) is 50.8 Å². The van der Waals surface area contributed by atoms with Crippen molar-refractivity contribution in [3.63, 3.8) is 0 Å². The number of piperidine rings is 1. The highest BCUT2D eigenvalue weighted by molar-refractivity contribution is 7.89. The second-order valence-electron chi connectivity index (χ2n) is 8.21. The van der Waals surface area contributed by atoms with Crippen molar-refractivity contribution >= 4 is 27.5 Å². The molecule has 8 heteroatoms. The van der Waals surface area contributed by atoms with Crippen LogP contribution in [0.4, 0.5) is 5.69 Å². The molecule has 0 saturated carbocycles. The largest absolute Gasteiger partial charge is 0.339 e. The Kier molecular flexibility index (Phi) is 8.63. The SMILES string of the molecule is CCN(CC)C(=O)c1ccc(NC(=O)CCc2ccc(S(=O)(=O)N3CCCCC3)cc2)cc1. The van der Waals surface area contributed by atoms with Crippen LogP contribution in [0.25, 0.3) is 0 Å². The molecule has 2 amide bonds. The summed E-state index contributed by atoms with van der Waals surface area (Å²) in [6.45, 7) is 6.34. The highest BCUT2D eigenvalue weighted by Crippen LogP contribution is 2.21. The number of carbonyl (C=O) groups excluding carboxylic acids is 2.